The highest BCUT2D eigenvalue weighted by Crippen LogP contribution is 2.37. The van der Waals surface area contributed by atoms with E-state index in [1.807, 2.05) is 6.07 Å². The van der Waals surface area contributed by atoms with Gasteiger partial charge in [0, 0.05) is 18.7 Å². The summed E-state index contributed by atoms with van der Waals surface area (Å²) in [7, 11) is 0. The minimum Gasteiger partial charge on any atom is -0.379 e. The predicted molar refractivity (Wildman–Crippen MR) is 76.8 cm³/mol. The molecule has 0 radical (unpaired) electrons. The highest BCUT2D eigenvalue weighted by molar-refractivity contribution is 7.80. The fraction of sp³-hybridized carbons (Fsp3) is 0.533. The Morgan fingerprint density at radius 3 is 2.79 bits per heavy atom. The van der Waals surface area contributed by atoms with Gasteiger partial charge in [0.25, 0.3) is 0 Å². The number of hydrogen-bond acceptors (Lipinski definition) is 2. The molecule has 1 aromatic carbocycles. The summed E-state index contributed by atoms with van der Waals surface area (Å²) < 4.78 is 19.6. The average Bonchev–Trinajstić information content (AvgIpc) is 2.82. The molecule has 2 fully saturated rings. The van der Waals surface area contributed by atoms with Crippen LogP contribution in [-0.2, 0) is 4.74 Å². The third-order valence-electron chi connectivity index (χ3n) is 4.25. The van der Waals surface area contributed by atoms with E-state index in [0.29, 0.717) is 10.6 Å². The first-order valence-corrected chi connectivity index (χ1v) is 7.28. The maximum atomic E-state index is 13.9. The molecule has 2 saturated heterocycles. The zero-order valence-electron chi connectivity index (χ0n) is 10.9. The van der Waals surface area contributed by atoms with Crippen LogP contribution in [0.25, 0.3) is 0 Å². The van der Waals surface area contributed by atoms with Crippen LogP contribution in [0.5, 0.6) is 0 Å². The van der Waals surface area contributed by atoms with Crippen LogP contribution >= 0.6 is 12.2 Å². The molecule has 1 aromatic rings. The quantitative estimate of drug-likeness (QED) is 0.733. The van der Waals surface area contributed by atoms with Gasteiger partial charge in [-0.15, -0.1) is 0 Å². The van der Waals surface area contributed by atoms with Crippen molar-refractivity contribution in [1.82, 2.24) is 4.90 Å². The lowest BCUT2D eigenvalue weighted by atomic mass is 9.89. The summed E-state index contributed by atoms with van der Waals surface area (Å²) in [5.41, 5.74) is 0.557. The van der Waals surface area contributed by atoms with Crippen molar-refractivity contribution in [3.05, 3.63) is 35.6 Å². The van der Waals surface area contributed by atoms with Crippen molar-refractivity contribution < 1.29 is 9.13 Å². The minimum absolute atomic E-state index is 0.0115. The van der Waals surface area contributed by atoms with Gasteiger partial charge in [-0.05, 0) is 37.8 Å². The third kappa shape index (κ3) is 2.28. The van der Waals surface area contributed by atoms with E-state index in [-0.39, 0.29) is 11.4 Å². The Morgan fingerprint density at radius 1 is 1.26 bits per heavy atom. The maximum absolute atomic E-state index is 13.9. The first kappa shape index (κ1) is 13.0. The third-order valence-corrected chi connectivity index (χ3v) is 4.69. The molecule has 1 spiro atoms. The summed E-state index contributed by atoms with van der Waals surface area (Å²) >= 11 is 5.55. The lowest BCUT2D eigenvalue weighted by Crippen LogP contribution is -2.52. The summed E-state index contributed by atoms with van der Waals surface area (Å²) in [6.45, 7) is 2.47. The van der Waals surface area contributed by atoms with E-state index in [1.54, 1.807) is 12.1 Å². The molecule has 2 aliphatic heterocycles. The fourth-order valence-electron chi connectivity index (χ4n) is 3.28. The predicted octanol–water partition coefficient (Wildman–Crippen LogP) is 3.15. The zero-order valence-corrected chi connectivity index (χ0v) is 11.7. The van der Waals surface area contributed by atoms with Gasteiger partial charge in [-0.3, -0.25) is 0 Å². The largest absolute Gasteiger partial charge is 0.379 e. The molecule has 0 N–H and O–H groups in total. The Balaban J connectivity index is 1.88. The SMILES string of the molecule is Fc1ccccc1C(=S)N1CCCC12CCCOC2. The lowest BCUT2D eigenvalue weighted by Gasteiger charge is -2.42. The first-order chi connectivity index (χ1) is 9.23. The van der Waals surface area contributed by atoms with Crippen LogP contribution in [0.4, 0.5) is 4.39 Å². The van der Waals surface area contributed by atoms with Crippen LogP contribution in [0, 0.1) is 5.82 Å². The summed E-state index contributed by atoms with van der Waals surface area (Å²) in [5.74, 6) is -0.230. The Kier molecular flexibility index (Phi) is 3.54. The molecular weight excluding hydrogens is 261 g/mol. The molecule has 4 heteroatoms. The van der Waals surface area contributed by atoms with E-state index < -0.39 is 0 Å². The summed E-state index contributed by atoms with van der Waals surface area (Å²) in [6, 6.07) is 6.78. The van der Waals surface area contributed by atoms with Crippen LogP contribution in [0.2, 0.25) is 0 Å². The smallest absolute Gasteiger partial charge is 0.133 e. The van der Waals surface area contributed by atoms with E-state index in [1.165, 1.54) is 6.07 Å². The maximum Gasteiger partial charge on any atom is 0.133 e. The van der Waals surface area contributed by atoms with E-state index in [0.717, 1.165) is 45.4 Å². The Morgan fingerprint density at radius 2 is 2.05 bits per heavy atom. The number of rotatable bonds is 1. The number of hydrogen-bond donors (Lipinski definition) is 0. The molecule has 19 heavy (non-hydrogen) atoms. The Labute approximate surface area is 118 Å². The van der Waals surface area contributed by atoms with Crippen LogP contribution in [0.3, 0.4) is 0 Å². The summed E-state index contributed by atoms with van der Waals surface area (Å²) in [4.78, 5) is 2.85. The molecule has 2 nitrogen and oxygen atoms in total. The number of halogens is 1. The van der Waals surface area contributed by atoms with Gasteiger partial charge in [-0.25, -0.2) is 4.39 Å². The molecule has 0 saturated carbocycles. The van der Waals surface area contributed by atoms with E-state index in [9.17, 15) is 4.39 Å². The topological polar surface area (TPSA) is 12.5 Å². The fourth-order valence-corrected chi connectivity index (χ4v) is 3.73. The van der Waals surface area contributed by atoms with Gasteiger partial charge in [-0.1, -0.05) is 24.4 Å². The van der Waals surface area contributed by atoms with E-state index in [2.05, 4.69) is 4.90 Å². The molecule has 0 amide bonds. The van der Waals surface area contributed by atoms with Crippen molar-refractivity contribution in [2.24, 2.45) is 0 Å². The molecule has 1 unspecified atom stereocenters. The molecule has 2 aliphatic rings. The van der Waals surface area contributed by atoms with Crippen LogP contribution < -0.4 is 0 Å². The molecule has 0 bridgehead atoms. The normalized spacial score (nSPS) is 26.9. The Bertz CT molecular complexity index is 485. The average molecular weight is 279 g/mol. The second kappa shape index (κ2) is 5.17. The minimum atomic E-state index is -0.230. The highest BCUT2D eigenvalue weighted by atomic mass is 32.1. The number of nitrogens with zero attached hydrogens (tertiary/aromatic N) is 1. The zero-order chi connectivity index (χ0) is 13.3. The molecule has 3 rings (SSSR count). The standard InChI is InChI=1S/C15H18FNOS/c16-13-6-2-1-5-12(13)14(19)17-9-3-7-15(17)8-4-10-18-11-15/h1-2,5-6H,3-4,7-11H2. The number of benzene rings is 1. The number of ether oxygens (including phenoxy) is 1. The van der Waals surface area contributed by atoms with Crippen molar-refractivity contribution in [3.63, 3.8) is 0 Å². The lowest BCUT2D eigenvalue weighted by molar-refractivity contribution is -0.00372. The molecular formula is C15H18FNOS. The number of thiocarbonyl (C=S) groups is 1. The van der Waals surface area contributed by atoms with Crippen LogP contribution in [0.1, 0.15) is 31.2 Å². The molecule has 102 valence electrons. The summed E-state index contributed by atoms with van der Waals surface area (Å²) in [6.07, 6.45) is 4.37. The van der Waals surface area contributed by atoms with E-state index in [4.69, 9.17) is 17.0 Å². The van der Waals surface area contributed by atoms with Gasteiger partial charge < -0.3 is 9.64 Å². The van der Waals surface area contributed by atoms with E-state index >= 15 is 0 Å². The van der Waals surface area contributed by atoms with Crippen molar-refractivity contribution in [2.75, 3.05) is 19.8 Å². The second-order valence-electron chi connectivity index (χ2n) is 5.42. The number of likely N-dealkylation sites (tertiary alicyclic amines) is 1. The van der Waals surface area contributed by atoms with Gasteiger partial charge in [0.2, 0.25) is 0 Å². The van der Waals surface area contributed by atoms with Gasteiger partial charge >= 0.3 is 0 Å². The highest BCUT2D eigenvalue weighted by Gasteiger charge is 2.43. The van der Waals surface area contributed by atoms with Gasteiger partial charge in [-0.2, -0.15) is 0 Å². The van der Waals surface area contributed by atoms with Crippen molar-refractivity contribution in [1.29, 1.82) is 0 Å². The van der Waals surface area contributed by atoms with Crippen molar-refractivity contribution in [3.8, 4) is 0 Å². The molecule has 0 aliphatic carbocycles. The van der Waals surface area contributed by atoms with Crippen molar-refractivity contribution in [2.45, 2.75) is 31.2 Å². The van der Waals surface area contributed by atoms with Gasteiger partial charge in [0.1, 0.15) is 10.8 Å². The first-order valence-electron chi connectivity index (χ1n) is 6.87. The Hall–Kier alpha value is -1.00. The molecule has 0 aromatic heterocycles. The molecule has 1 atom stereocenters. The van der Waals surface area contributed by atoms with Gasteiger partial charge in [0.05, 0.1) is 12.1 Å². The monoisotopic (exact) mass is 279 g/mol. The van der Waals surface area contributed by atoms with Crippen LogP contribution in [-0.4, -0.2) is 35.2 Å². The molecule has 2 heterocycles. The van der Waals surface area contributed by atoms with Gasteiger partial charge in [0.15, 0.2) is 0 Å². The second-order valence-corrected chi connectivity index (χ2v) is 5.81. The summed E-state index contributed by atoms with van der Waals surface area (Å²) in [5, 5.41) is 0. The van der Waals surface area contributed by atoms with Crippen LogP contribution in [0.15, 0.2) is 24.3 Å². The van der Waals surface area contributed by atoms with Crippen molar-refractivity contribution >= 4 is 17.2 Å².